The second-order valence-corrected chi connectivity index (χ2v) is 6.08. The van der Waals surface area contributed by atoms with Gasteiger partial charge in [-0.15, -0.1) is 11.3 Å². The van der Waals surface area contributed by atoms with Crippen molar-refractivity contribution in [2.75, 3.05) is 13.1 Å². The van der Waals surface area contributed by atoms with Gasteiger partial charge in [0.25, 0.3) is 0 Å². The number of amides is 2. The zero-order valence-electron chi connectivity index (χ0n) is 11.4. The summed E-state index contributed by atoms with van der Waals surface area (Å²) in [6.45, 7) is 3.31. The van der Waals surface area contributed by atoms with Crippen LogP contribution in [-0.2, 0) is 6.42 Å². The van der Waals surface area contributed by atoms with Gasteiger partial charge in [0.2, 0.25) is 0 Å². The molecule has 1 unspecified atom stereocenters. The molecule has 6 nitrogen and oxygen atoms in total. The second kappa shape index (κ2) is 6.69. The first kappa shape index (κ1) is 14.8. The Morgan fingerprint density at radius 1 is 1.50 bits per heavy atom. The summed E-state index contributed by atoms with van der Waals surface area (Å²) in [6.07, 6.45) is 3.10. The van der Waals surface area contributed by atoms with Crippen molar-refractivity contribution in [3.8, 4) is 0 Å². The van der Waals surface area contributed by atoms with Crippen molar-refractivity contribution in [2.45, 2.75) is 26.2 Å². The molecule has 1 aromatic rings. The number of carboxylic acids is 1. The Morgan fingerprint density at radius 2 is 2.25 bits per heavy atom. The molecule has 1 aliphatic rings. The smallest absolute Gasteiger partial charge is 0.355 e. The van der Waals surface area contributed by atoms with Crippen molar-refractivity contribution in [3.05, 3.63) is 16.1 Å². The lowest BCUT2D eigenvalue weighted by atomic mass is 10.1. The summed E-state index contributed by atoms with van der Waals surface area (Å²) in [5, 5.41) is 16.6. The molecule has 1 fully saturated rings. The van der Waals surface area contributed by atoms with Crippen LogP contribution < -0.4 is 10.6 Å². The number of nitrogens with one attached hydrogen (secondary N) is 2. The highest BCUT2D eigenvalue weighted by Crippen LogP contribution is 2.35. The van der Waals surface area contributed by atoms with E-state index in [2.05, 4.69) is 22.5 Å². The number of thiazole rings is 1. The van der Waals surface area contributed by atoms with Crippen LogP contribution in [0.1, 0.15) is 35.3 Å². The van der Waals surface area contributed by atoms with Crippen molar-refractivity contribution >= 4 is 23.3 Å². The first-order valence-electron chi connectivity index (χ1n) is 6.75. The van der Waals surface area contributed by atoms with E-state index in [-0.39, 0.29) is 11.7 Å². The zero-order valence-corrected chi connectivity index (χ0v) is 12.2. The minimum Gasteiger partial charge on any atom is -0.476 e. The van der Waals surface area contributed by atoms with E-state index in [1.807, 2.05) is 0 Å². The lowest BCUT2D eigenvalue weighted by Crippen LogP contribution is -2.39. The van der Waals surface area contributed by atoms with Crippen molar-refractivity contribution in [1.82, 2.24) is 15.6 Å². The van der Waals surface area contributed by atoms with Crippen molar-refractivity contribution in [2.24, 2.45) is 11.8 Å². The molecule has 1 aromatic heterocycles. The first-order valence-corrected chi connectivity index (χ1v) is 7.63. The molecule has 0 aliphatic heterocycles. The average molecular weight is 297 g/mol. The number of aromatic carboxylic acids is 1. The number of carboxylic acid groups (broad SMARTS) is 1. The molecule has 0 bridgehead atoms. The maximum absolute atomic E-state index is 11.6. The van der Waals surface area contributed by atoms with Crippen LogP contribution in [0, 0.1) is 11.8 Å². The van der Waals surface area contributed by atoms with Gasteiger partial charge in [0, 0.05) is 24.9 Å². The van der Waals surface area contributed by atoms with E-state index in [0.29, 0.717) is 30.4 Å². The maximum Gasteiger partial charge on any atom is 0.355 e. The number of rotatable bonds is 7. The van der Waals surface area contributed by atoms with Gasteiger partial charge in [-0.05, 0) is 24.7 Å². The van der Waals surface area contributed by atoms with E-state index in [4.69, 9.17) is 5.11 Å². The van der Waals surface area contributed by atoms with Gasteiger partial charge in [-0.3, -0.25) is 0 Å². The van der Waals surface area contributed by atoms with Crippen molar-refractivity contribution in [1.29, 1.82) is 0 Å². The Kier molecular flexibility index (Phi) is 4.94. The number of nitrogens with zero attached hydrogens (tertiary/aromatic N) is 1. The highest BCUT2D eigenvalue weighted by Gasteiger charge is 2.27. The van der Waals surface area contributed by atoms with Gasteiger partial charge in [0.1, 0.15) is 0 Å². The summed E-state index contributed by atoms with van der Waals surface area (Å²) < 4.78 is 0. The number of carbonyl (C=O) groups is 2. The molecule has 110 valence electrons. The van der Waals surface area contributed by atoms with Gasteiger partial charge >= 0.3 is 12.0 Å². The SMILES string of the molecule is CC(CNC(=O)NCCc1nc(C(=O)O)cs1)C1CC1. The monoisotopic (exact) mass is 297 g/mol. The van der Waals surface area contributed by atoms with Gasteiger partial charge in [-0.2, -0.15) is 0 Å². The van der Waals surface area contributed by atoms with Crippen molar-refractivity contribution < 1.29 is 14.7 Å². The normalized spacial score (nSPS) is 15.7. The molecule has 0 radical (unpaired) electrons. The van der Waals surface area contributed by atoms with Crippen LogP contribution in [0.15, 0.2) is 5.38 Å². The van der Waals surface area contributed by atoms with Crippen LogP contribution in [0.4, 0.5) is 4.79 Å². The average Bonchev–Trinajstić information content (AvgIpc) is 3.15. The molecule has 0 aromatic carbocycles. The molecule has 1 aliphatic carbocycles. The Morgan fingerprint density at radius 3 is 2.85 bits per heavy atom. The topological polar surface area (TPSA) is 91.3 Å². The largest absolute Gasteiger partial charge is 0.476 e. The van der Waals surface area contributed by atoms with E-state index in [9.17, 15) is 9.59 Å². The van der Waals surface area contributed by atoms with E-state index >= 15 is 0 Å². The van der Waals surface area contributed by atoms with E-state index in [1.165, 1.54) is 29.6 Å². The maximum atomic E-state index is 11.6. The molecule has 1 atom stereocenters. The van der Waals surface area contributed by atoms with Crippen LogP contribution in [0.25, 0.3) is 0 Å². The first-order chi connectivity index (χ1) is 9.56. The minimum atomic E-state index is -1.02. The quantitative estimate of drug-likeness (QED) is 0.714. The molecule has 3 N–H and O–H groups in total. The van der Waals surface area contributed by atoms with E-state index in [1.54, 1.807) is 0 Å². The van der Waals surface area contributed by atoms with Gasteiger partial charge in [0.15, 0.2) is 5.69 Å². The van der Waals surface area contributed by atoms with Gasteiger partial charge in [-0.25, -0.2) is 14.6 Å². The van der Waals surface area contributed by atoms with E-state index < -0.39 is 5.97 Å². The Labute approximate surface area is 121 Å². The molecule has 7 heteroatoms. The molecule has 20 heavy (non-hydrogen) atoms. The number of hydrogen-bond acceptors (Lipinski definition) is 4. The fraction of sp³-hybridized carbons (Fsp3) is 0.615. The third-order valence-corrected chi connectivity index (χ3v) is 4.32. The molecule has 2 amide bonds. The molecular weight excluding hydrogens is 278 g/mol. The highest BCUT2D eigenvalue weighted by atomic mass is 32.1. The van der Waals surface area contributed by atoms with Gasteiger partial charge < -0.3 is 15.7 Å². The predicted octanol–water partition coefficient (Wildman–Crippen LogP) is 1.73. The molecule has 2 rings (SSSR count). The fourth-order valence-electron chi connectivity index (χ4n) is 1.96. The standard InChI is InChI=1S/C13H19N3O3S/c1-8(9-2-3-9)6-15-13(19)14-5-4-11-16-10(7-20-11)12(17)18/h7-9H,2-6H2,1H3,(H,17,18)(H2,14,15,19). The lowest BCUT2D eigenvalue weighted by Gasteiger charge is -2.11. The second-order valence-electron chi connectivity index (χ2n) is 5.13. The molecule has 1 saturated carbocycles. The highest BCUT2D eigenvalue weighted by molar-refractivity contribution is 7.09. The summed E-state index contributed by atoms with van der Waals surface area (Å²) in [5.74, 6) is 0.296. The van der Waals surface area contributed by atoms with Crippen LogP contribution >= 0.6 is 11.3 Å². The van der Waals surface area contributed by atoms with Crippen LogP contribution in [0.2, 0.25) is 0 Å². The molecule has 0 spiro atoms. The summed E-state index contributed by atoms with van der Waals surface area (Å²) in [6, 6.07) is -0.174. The molecular formula is C13H19N3O3S. The van der Waals surface area contributed by atoms with Crippen LogP contribution in [0.5, 0.6) is 0 Å². The zero-order chi connectivity index (χ0) is 14.5. The van der Waals surface area contributed by atoms with Gasteiger partial charge in [-0.1, -0.05) is 6.92 Å². The number of urea groups is 1. The minimum absolute atomic E-state index is 0.0627. The third kappa shape index (κ3) is 4.48. The Balaban J connectivity index is 1.61. The van der Waals surface area contributed by atoms with E-state index in [0.717, 1.165) is 5.92 Å². The number of carbonyl (C=O) groups excluding carboxylic acids is 1. The number of aromatic nitrogens is 1. The Bertz CT molecular complexity index is 485. The van der Waals surface area contributed by atoms with Crippen LogP contribution in [0.3, 0.4) is 0 Å². The summed E-state index contributed by atoms with van der Waals surface area (Å²) >= 11 is 1.30. The van der Waals surface area contributed by atoms with Crippen LogP contribution in [-0.4, -0.2) is 35.2 Å². The summed E-state index contributed by atoms with van der Waals surface area (Å²) in [4.78, 5) is 26.2. The Hall–Kier alpha value is -1.63. The molecule has 0 saturated heterocycles. The lowest BCUT2D eigenvalue weighted by molar-refractivity contribution is 0.0691. The number of hydrogen-bond donors (Lipinski definition) is 3. The third-order valence-electron chi connectivity index (χ3n) is 3.41. The fourth-order valence-corrected chi connectivity index (χ4v) is 2.73. The summed E-state index contributed by atoms with van der Waals surface area (Å²) in [7, 11) is 0. The summed E-state index contributed by atoms with van der Waals surface area (Å²) in [5.41, 5.74) is 0.0627. The van der Waals surface area contributed by atoms with Gasteiger partial charge in [0.05, 0.1) is 5.01 Å². The molecule has 1 heterocycles. The van der Waals surface area contributed by atoms with Crippen molar-refractivity contribution in [3.63, 3.8) is 0 Å². The predicted molar refractivity (Wildman–Crippen MR) is 76.1 cm³/mol.